The van der Waals surface area contributed by atoms with Gasteiger partial charge in [0, 0.05) is 37.9 Å². The Hall–Kier alpha value is -2.97. The van der Waals surface area contributed by atoms with Crippen LogP contribution in [0.3, 0.4) is 0 Å². The summed E-state index contributed by atoms with van der Waals surface area (Å²) in [4.78, 5) is 25.4. The molecule has 4 heterocycles. The van der Waals surface area contributed by atoms with Gasteiger partial charge in [0.05, 0.1) is 12.4 Å². The Morgan fingerprint density at radius 2 is 2.12 bits per heavy atom. The number of rotatable bonds is 3. The Bertz CT molecular complexity index is 956. The van der Waals surface area contributed by atoms with Gasteiger partial charge in [0.15, 0.2) is 0 Å². The van der Waals surface area contributed by atoms with Gasteiger partial charge in [-0.15, -0.1) is 0 Å². The van der Waals surface area contributed by atoms with Crippen LogP contribution in [-0.2, 0) is 11.8 Å². The average Bonchev–Trinajstić information content (AvgIpc) is 3.22. The molecule has 2 fully saturated rings. The SMILES string of the molecule is Cn1cc(-c2n[nH]c3cnc(N4CCN(C5CC5)C(=O)C4)nc23)cn1. The summed E-state index contributed by atoms with van der Waals surface area (Å²) in [5, 5.41) is 11.5. The normalized spacial score (nSPS) is 18.4. The van der Waals surface area contributed by atoms with Crippen molar-refractivity contribution in [2.75, 3.05) is 24.5 Å². The molecule has 1 aliphatic heterocycles. The van der Waals surface area contributed by atoms with Gasteiger partial charge in [0.1, 0.15) is 23.3 Å². The molecule has 5 rings (SSSR count). The summed E-state index contributed by atoms with van der Waals surface area (Å²) in [5.74, 6) is 0.736. The molecule has 1 aliphatic carbocycles. The quantitative estimate of drug-likeness (QED) is 0.750. The van der Waals surface area contributed by atoms with E-state index >= 15 is 0 Å². The molecule has 1 amide bonds. The van der Waals surface area contributed by atoms with E-state index in [-0.39, 0.29) is 5.91 Å². The molecule has 0 atom stereocenters. The van der Waals surface area contributed by atoms with Gasteiger partial charge < -0.3 is 9.80 Å². The molecule has 25 heavy (non-hydrogen) atoms. The lowest BCUT2D eigenvalue weighted by molar-refractivity contribution is -0.131. The fourth-order valence-electron chi connectivity index (χ4n) is 3.33. The summed E-state index contributed by atoms with van der Waals surface area (Å²) in [6.45, 7) is 1.83. The van der Waals surface area contributed by atoms with E-state index in [1.54, 1.807) is 17.1 Å². The number of amides is 1. The van der Waals surface area contributed by atoms with Gasteiger partial charge in [-0.05, 0) is 12.8 Å². The summed E-state index contributed by atoms with van der Waals surface area (Å²) >= 11 is 0. The first-order valence-electron chi connectivity index (χ1n) is 8.43. The highest BCUT2D eigenvalue weighted by molar-refractivity contribution is 5.90. The number of aromatic amines is 1. The number of nitrogens with zero attached hydrogens (tertiary/aromatic N) is 7. The maximum atomic E-state index is 12.4. The van der Waals surface area contributed by atoms with Crippen LogP contribution in [0.4, 0.5) is 5.95 Å². The van der Waals surface area contributed by atoms with Gasteiger partial charge in [0.25, 0.3) is 0 Å². The van der Waals surface area contributed by atoms with Crippen molar-refractivity contribution >= 4 is 22.9 Å². The minimum atomic E-state index is 0.164. The lowest BCUT2D eigenvalue weighted by Gasteiger charge is -2.34. The Morgan fingerprint density at radius 1 is 1.24 bits per heavy atom. The highest BCUT2D eigenvalue weighted by atomic mass is 16.2. The molecule has 128 valence electrons. The van der Waals surface area contributed by atoms with Crippen LogP contribution in [-0.4, -0.2) is 66.4 Å². The zero-order chi connectivity index (χ0) is 17.0. The van der Waals surface area contributed by atoms with E-state index < -0.39 is 0 Å². The van der Waals surface area contributed by atoms with Crippen LogP contribution in [0.1, 0.15) is 12.8 Å². The third-order valence-corrected chi connectivity index (χ3v) is 4.79. The molecule has 9 nitrogen and oxygen atoms in total. The number of anilines is 1. The molecule has 2 aliphatic rings. The number of hydrogen-bond acceptors (Lipinski definition) is 6. The molecule has 0 radical (unpaired) electrons. The lowest BCUT2D eigenvalue weighted by atomic mass is 10.2. The van der Waals surface area contributed by atoms with Crippen LogP contribution < -0.4 is 4.90 Å². The van der Waals surface area contributed by atoms with E-state index in [0.717, 1.165) is 48.2 Å². The molecule has 0 spiro atoms. The van der Waals surface area contributed by atoms with E-state index in [9.17, 15) is 4.79 Å². The molecule has 1 saturated heterocycles. The van der Waals surface area contributed by atoms with Gasteiger partial charge in [0.2, 0.25) is 11.9 Å². The van der Waals surface area contributed by atoms with Gasteiger partial charge in [-0.1, -0.05) is 0 Å². The molecular formula is C16H18N8O. The number of aromatic nitrogens is 6. The minimum absolute atomic E-state index is 0.164. The zero-order valence-corrected chi connectivity index (χ0v) is 13.9. The summed E-state index contributed by atoms with van der Waals surface area (Å²) in [7, 11) is 1.86. The fraction of sp³-hybridized carbons (Fsp3) is 0.438. The maximum Gasteiger partial charge on any atom is 0.242 e. The maximum absolute atomic E-state index is 12.4. The number of piperazine rings is 1. The van der Waals surface area contributed by atoms with Crippen molar-refractivity contribution in [1.29, 1.82) is 0 Å². The summed E-state index contributed by atoms with van der Waals surface area (Å²) in [6.07, 6.45) is 7.66. The van der Waals surface area contributed by atoms with E-state index in [4.69, 9.17) is 0 Å². The van der Waals surface area contributed by atoms with Crippen LogP contribution >= 0.6 is 0 Å². The smallest absolute Gasteiger partial charge is 0.242 e. The lowest BCUT2D eigenvalue weighted by Crippen LogP contribution is -2.51. The monoisotopic (exact) mass is 338 g/mol. The van der Waals surface area contributed by atoms with Crippen LogP contribution in [0.2, 0.25) is 0 Å². The van der Waals surface area contributed by atoms with Gasteiger partial charge in [-0.25, -0.2) is 9.97 Å². The first-order chi connectivity index (χ1) is 12.2. The number of H-pyrrole nitrogens is 1. The summed E-state index contributed by atoms with van der Waals surface area (Å²) in [6, 6.07) is 0.462. The largest absolute Gasteiger partial charge is 0.336 e. The molecule has 1 N–H and O–H groups in total. The standard InChI is InChI=1S/C16H18N8O/c1-22-8-10(6-18-22)14-15-12(20-21-14)7-17-16(19-15)23-4-5-24(11-2-3-11)13(25)9-23/h6-8,11H,2-5,9H2,1H3,(H,20,21). The number of carbonyl (C=O) groups is 1. The van der Waals surface area contributed by atoms with E-state index in [0.29, 0.717) is 18.5 Å². The third kappa shape index (κ3) is 2.43. The van der Waals surface area contributed by atoms with E-state index in [1.165, 1.54) is 0 Å². The Morgan fingerprint density at radius 3 is 2.84 bits per heavy atom. The van der Waals surface area contributed by atoms with Crippen molar-refractivity contribution in [2.45, 2.75) is 18.9 Å². The highest BCUT2D eigenvalue weighted by Crippen LogP contribution is 2.29. The van der Waals surface area contributed by atoms with Crippen LogP contribution in [0.25, 0.3) is 22.3 Å². The third-order valence-electron chi connectivity index (χ3n) is 4.79. The number of carbonyl (C=O) groups excluding carboxylic acids is 1. The fourth-order valence-corrected chi connectivity index (χ4v) is 3.33. The Balaban J connectivity index is 1.47. The second kappa shape index (κ2) is 5.27. The zero-order valence-electron chi connectivity index (χ0n) is 13.9. The van der Waals surface area contributed by atoms with Crippen LogP contribution in [0.15, 0.2) is 18.6 Å². The molecule has 0 unspecified atom stereocenters. The predicted molar refractivity (Wildman–Crippen MR) is 90.8 cm³/mol. The van der Waals surface area contributed by atoms with E-state index in [2.05, 4.69) is 25.3 Å². The second-order valence-corrected chi connectivity index (χ2v) is 6.65. The highest BCUT2D eigenvalue weighted by Gasteiger charge is 2.36. The molecule has 0 bridgehead atoms. The predicted octanol–water partition coefficient (Wildman–Crippen LogP) is 0.564. The molecular weight excluding hydrogens is 320 g/mol. The topological polar surface area (TPSA) is 95.8 Å². The van der Waals surface area contributed by atoms with Gasteiger partial charge >= 0.3 is 0 Å². The number of nitrogens with one attached hydrogen (secondary N) is 1. The van der Waals surface area contributed by atoms with Gasteiger partial charge in [-0.3, -0.25) is 14.6 Å². The van der Waals surface area contributed by atoms with Gasteiger partial charge in [-0.2, -0.15) is 10.2 Å². The number of hydrogen-bond donors (Lipinski definition) is 1. The van der Waals surface area contributed by atoms with Crippen LogP contribution in [0, 0.1) is 0 Å². The summed E-state index contributed by atoms with van der Waals surface area (Å²) in [5.41, 5.74) is 3.16. The van der Waals surface area contributed by atoms with Crippen molar-refractivity contribution < 1.29 is 4.79 Å². The van der Waals surface area contributed by atoms with Crippen molar-refractivity contribution in [3.63, 3.8) is 0 Å². The first kappa shape index (κ1) is 14.4. The Labute approximate surface area is 143 Å². The van der Waals surface area contributed by atoms with Crippen molar-refractivity contribution in [2.24, 2.45) is 7.05 Å². The first-order valence-corrected chi connectivity index (χ1v) is 8.43. The van der Waals surface area contributed by atoms with Crippen molar-refractivity contribution in [1.82, 2.24) is 34.8 Å². The number of aryl methyl sites for hydroxylation is 1. The summed E-state index contributed by atoms with van der Waals surface area (Å²) < 4.78 is 1.73. The van der Waals surface area contributed by atoms with Crippen molar-refractivity contribution in [3.8, 4) is 11.3 Å². The Kier molecular flexibility index (Phi) is 3.03. The molecule has 1 saturated carbocycles. The second-order valence-electron chi connectivity index (χ2n) is 6.65. The molecule has 0 aromatic carbocycles. The molecule has 3 aromatic heterocycles. The number of fused-ring (bicyclic) bond motifs is 1. The van der Waals surface area contributed by atoms with E-state index in [1.807, 2.05) is 23.0 Å². The molecule has 3 aromatic rings. The van der Waals surface area contributed by atoms with Crippen LogP contribution in [0.5, 0.6) is 0 Å². The average molecular weight is 338 g/mol. The van der Waals surface area contributed by atoms with Crippen molar-refractivity contribution in [3.05, 3.63) is 18.6 Å². The molecule has 9 heteroatoms. The minimum Gasteiger partial charge on any atom is -0.336 e.